The maximum atomic E-state index is 12.4. The van der Waals surface area contributed by atoms with Gasteiger partial charge in [-0.15, -0.1) is 0 Å². The number of aliphatic hydroxyl groups is 1. The zero-order chi connectivity index (χ0) is 18.0. The second-order valence-electron chi connectivity index (χ2n) is 6.68. The van der Waals surface area contributed by atoms with E-state index < -0.39 is 17.5 Å². The van der Waals surface area contributed by atoms with Crippen LogP contribution in [0.2, 0.25) is 0 Å². The first-order valence-electron chi connectivity index (χ1n) is 8.64. The lowest BCUT2D eigenvalue weighted by Gasteiger charge is -2.27. The van der Waals surface area contributed by atoms with Crippen molar-refractivity contribution in [1.29, 1.82) is 0 Å². The minimum Gasteiger partial charge on any atom is -0.497 e. The molecule has 1 saturated carbocycles. The Bertz CT molecular complexity index is 836. The fourth-order valence-electron chi connectivity index (χ4n) is 3.67. The smallest absolute Gasteiger partial charge is 0.341 e. The number of aromatic nitrogens is 1. The summed E-state index contributed by atoms with van der Waals surface area (Å²) in [5, 5.41) is 20.3. The fraction of sp³-hybridized carbons (Fsp3) is 0.474. The van der Waals surface area contributed by atoms with Gasteiger partial charge in [0.2, 0.25) is 5.43 Å². The number of hydrogen-bond acceptors (Lipinski definition) is 4. The number of carboxylic acid groups (broad SMARTS) is 1. The molecule has 0 aliphatic heterocycles. The third-order valence-electron chi connectivity index (χ3n) is 5.10. The van der Waals surface area contributed by atoms with Crippen LogP contribution in [0.4, 0.5) is 0 Å². The van der Waals surface area contributed by atoms with E-state index in [9.17, 15) is 19.8 Å². The molecule has 0 radical (unpaired) electrons. The van der Waals surface area contributed by atoms with Crippen LogP contribution in [0.3, 0.4) is 0 Å². The largest absolute Gasteiger partial charge is 0.497 e. The SMILES string of the molecule is COc1ccc2c(=O)c(C(=O)O)cn(CC(O)C3CCCCC3)c2c1. The highest BCUT2D eigenvalue weighted by Gasteiger charge is 2.23. The van der Waals surface area contributed by atoms with Crippen LogP contribution < -0.4 is 10.2 Å². The molecule has 6 nitrogen and oxygen atoms in total. The van der Waals surface area contributed by atoms with Gasteiger partial charge >= 0.3 is 5.97 Å². The van der Waals surface area contributed by atoms with E-state index in [1.54, 1.807) is 22.8 Å². The first kappa shape index (κ1) is 17.5. The quantitative estimate of drug-likeness (QED) is 0.870. The van der Waals surface area contributed by atoms with E-state index in [2.05, 4.69) is 0 Å². The maximum absolute atomic E-state index is 12.4. The van der Waals surface area contributed by atoms with Crippen molar-refractivity contribution < 1.29 is 19.7 Å². The Morgan fingerprint density at radius 2 is 2.04 bits per heavy atom. The molecule has 1 aromatic heterocycles. The Morgan fingerprint density at radius 1 is 1.32 bits per heavy atom. The number of benzene rings is 1. The summed E-state index contributed by atoms with van der Waals surface area (Å²) in [6, 6.07) is 4.92. The molecular formula is C19H23NO5. The molecule has 0 bridgehead atoms. The molecule has 1 aliphatic rings. The van der Waals surface area contributed by atoms with Crippen molar-refractivity contribution in [2.75, 3.05) is 7.11 Å². The van der Waals surface area contributed by atoms with Crippen molar-refractivity contribution in [3.63, 3.8) is 0 Å². The van der Waals surface area contributed by atoms with E-state index in [0.29, 0.717) is 16.7 Å². The number of carboxylic acids is 1. The molecule has 134 valence electrons. The first-order valence-corrected chi connectivity index (χ1v) is 8.64. The molecule has 25 heavy (non-hydrogen) atoms. The number of nitrogens with zero attached hydrogens (tertiary/aromatic N) is 1. The van der Waals surface area contributed by atoms with Crippen molar-refractivity contribution in [3.05, 3.63) is 40.2 Å². The van der Waals surface area contributed by atoms with Gasteiger partial charge in [0.15, 0.2) is 0 Å². The molecule has 1 fully saturated rings. The predicted molar refractivity (Wildman–Crippen MR) is 94.3 cm³/mol. The number of pyridine rings is 1. The summed E-state index contributed by atoms with van der Waals surface area (Å²) >= 11 is 0. The van der Waals surface area contributed by atoms with Crippen molar-refractivity contribution in [1.82, 2.24) is 4.57 Å². The average Bonchev–Trinajstić information content (AvgIpc) is 2.63. The Kier molecular flexibility index (Phi) is 5.08. The van der Waals surface area contributed by atoms with E-state index in [1.807, 2.05) is 0 Å². The van der Waals surface area contributed by atoms with Crippen LogP contribution in [-0.4, -0.2) is 34.0 Å². The number of aliphatic hydroxyl groups excluding tert-OH is 1. The normalized spacial score (nSPS) is 16.7. The van der Waals surface area contributed by atoms with Crippen LogP contribution in [-0.2, 0) is 6.54 Å². The summed E-state index contributed by atoms with van der Waals surface area (Å²) in [7, 11) is 1.53. The highest BCUT2D eigenvalue weighted by Crippen LogP contribution is 2.28. The summed E-state index contributed by atoms with van der Waals surface area (Å²) < 4.78 is 6.89. The number of carbonyl (C=O) groups is 1. The van der Waals surface area contributed by atoms with Gasteiger partial charge in [0.25, 0.3) is 0 Å². The molecule has 6 heteroatoms. The molecule has 2 aromatic rings. The molecular weight excluding hydrogens is 322 g/mol. The van der Waals surface area contributed by atoms with Gasteiger partial charge in [-0.3, -0.25) is 4.79 Å². The zero-order valence-electron chi connectivity index (χ0n) is 14.3. The molecule has 0 amide bonds. The number of fused-ring (bicyclic) bond motifs is 1. The summed E-state index contributed by atoms with van der Waals surface area (Å²) in [5.74, 6) is -0.471. The van der Waals surface area contributed by atoms with E-state index in [-0.39, 0.29) is 18.0 Å². The lowest BCUT2D eigenvalue weighted by Crippen LogP contribution is -2.29. The van der Waals surface area contributed by atoms with Crippen LogP contribution in [0, 0.1) is 5.92 Å². The van der Waals surface area contributed by atoms with Crippen molar-refractivity contribution >= 4 is 16.9 Å². The number of rotatable bonds is 5. The molecule has 1 aliphatic carbocycles. The van der Waals surface area contributed by atoms with Crippen LogP contribution in [0.5, 0.6) is 5.75 Å². The third-order valence-corrected chi connectivity index (χ3v) is 5.10. The molecule has 1 atom stereocenters. The van der Waals surface area contributed by atoms with Crippen molar-refractivity contribution in [2.45, 2.75) is 44.8 Å². The van der Waals surface area contributed by atoms with Gasteiger partial charge in [0, 0.05) is 24.2 Å². The number of aromatic carboxylic acids is 1. The van der Waals surface area contributed by atoms with Gasteiger partial charge in [-0.1, -0.05) is 19.3 Å². The highest BCUT2D eigenvalue weighted by atomic mass is 16.5. The monoisotopic (exact) mass is 345 g/mol. The first-order chi connectivity index (χ1) is 12.0. The maximum Gasteiger partial charge on any atom is 0.341 e. The van der Waals surface area contributed by atoms with E-state index in [1.165, 1.54) is 19.7 Å². The van der Waals surface area contributed by atoms with Gasteiger partial charge < -0.3 is 19.5 Å². The Hall–Kier alpha value is -2.34. The fourth-order valence-corrected chi connectivity index (χ4v) is 3.67. The van der Waals surface area contributed by atoms with E-state index in [0.717, 1.165) is 25.7 Å². The van der Waals surface area contributed by atoms with Crippen LogP contribution >= 0.6 is 0 Å². The Balaban J connectivity index is 2.06. The van der Waals surface area contributed by atoms with E-state index >= 15 is 0 Å². The lowest BCUT2D eigenvalue weighted by molar-refractivity contribution is 0.0674. The second-order valence-corrected chi connectivity index (χ2v) is 6.68. The van der Waals surface area contributed by atoms with Gasteiger partial charge in [0.1, 0.15) is 11.3 Å². The molecule has 1 aromatic carbocycles. The Labute approximate surface area is 145 Å². The summed E-state index contributed by atoms with van der Waals surface area (Å²) in [5.41, 5.74) is -0.230. The number of ether oxygens (including phenoxy) is 1. The zero-order valence-corrected chi connectivity index (χ0v) is 14.3. The van der Waals surface area contributed by atoms with Crippen LogP contribution in [0.1, 0.15) is 42.5 Å². The Morgan fingerprint density at radius 3 is 2.68 bits per heavy atom. The average molecular weight is 345 g/mol. The van der Waals surface area contributed by atoms with Gasteiger partial charge in [-0.2, -0.15) is 0 Å². The lowest BCUT2D eigenvalue weighted by atomic mass is 9.85. The van der Waals surface area contributed by atoms with Gasteiger partial charge in [-0.25, -0.2) is 4.79 Å². The molecule has 0 saturated heterocycles. The predicted octanol–water partition coefficient (Wildman–Crippen LogP) is 2.65. The molecule has 3 rings (SSSR count). The summed E-state index contributed by atoms with van der Waals surface area (Å²) in [4.78, 5) is 23.8. The van der Waals surface area contributed by atoms with E-state index in [4.69, 9.17) is 4.74 Å². The van der Waals surface area contributed by atoms with Gasteiger partial charge in [0.05, 0.1) is 18.7 Å². The van der Waals surface area contributed by atoms with Crippen LogP contribution in [0.25, 0.3) is 10.9 Å². The minimum absolute atomic E-state index is 0.210. The molecule has 2 N–H and O–H groups in total. The van der Waals surface area contributed by atoms with Crippen LogP contribution in [0.15, 0.2) is 29.2 Å². The summed E-state index contributed by atoms with van der Waals surface area (Å²) in [6.07, 6.45) is 6.15. The standard InChI is InChI=1S/C19H23NO5/c1-25-13-7-8-14-16(9-13)20(10-15(18(14)22)19(23)24)11-17(21)12-5-3-2-4-6-12/h7-10,12,17,21H,2-6,11H2,1H3,(H,23,24). The third kappa shape index (κ3) is 3.54. The number of methoxy groups -OCH3 is 1. The van der Waals surface area contributed by atoms with Crippen molar-refractivity contribution in [3.8, 4) is 5.75 Å². The van der Waals surface area contributed by atoms with Crippen molar-refractivity contribution in [2.24, 2.45) is 5.92 Å². The molecule has 0 spiro atoms. The van der Waals surface area contributed by atoms with Gasteiger partial charge in [-0.05, 0) is 30.9 Å². The molecule has 1 unspecified atom stereocenters. The highest BCUT2D eigenvalue weighted by molar-refractivity contribution is 5.92. The topological polar surface area (TPSA) is 88.8 Å². The minimum atomic E-state index is -1.26. The second kappa shape index (κ2) is 7.27. The number of hydrogen-bond donors (Lipinski definition) is 2. The summed E-state index contributed by atoms with van der Waals surface area (Å²) in [6.45, 7) is 0.259. The molecule has 1 heterocycles.